The van der Waals surface area contributed by atoms with Crippen molar-refractivity contribution < 1.29 is 19.1 Å². The van der Waals surface area contributed by atoms with Crippen LogP contribution in [0.5, 0.6) is 0 Å². The summed E-state index contributed by atoms with van der Waals surface area (Å²) in [6.07, 6.45) is 2.81. The van der Waals surface area contributed by atoms with Gasteiger partial charge in [0.05, 0.1) is 18.8 Å². The first-order valence-electron chi connectivity index (χ1n) is 9.06. The predicted molar refractivity (Wildman–Crippen MR) is 103 cm³/mol. The minimum atomic E-state index is -0.761. The molecule has 2 aromatic rings. The Balaban J connectivity index is 1.94. The Bertz CT molecular complexity index is 1090. The molecular formula is C19H19N5O5. The maximum absolute atomic E-state index is 13.2. The van der Waals surface area contributed by atoms with Gasteiger partial charge in [0.1, 0.15) is 17.0 Å². The molecular weight excluding hydrogens is 378 g/mol. The van der Waals surface area contributed by atoms with Crippen molar-refractivity contribution in [1.82, 2.24) is 19.2 Å². The second-order valence-electron chi connectivity index (χ2n) is 6.75. The second kappa shape index (κ2) is 7.13. The average molecular weight is 397 g/mol. The molecule has 0 radical (unpaired) electrons. The lowest BCUT2D eigenvalue weighted by molar-refractivity contribution is -0.134. The smallest absolute Gasteiger partial charge is 0.333 e. The first kappa shape index (κ1) is 18.8. The van der Waals surface area contributed by atoms with Gasteiger partial charge < -0.3 is 9.64 Å². The number of ether oxygens (including phenoxy) is 1. The van der Waals surface area contributed by atoms with Gasteiger partial charge in [0.15, 0.2) is 0 Å². The molecule has 10 nitrogen and oxygen atoms in total. The first-order valence-corrected chi connectivity index (χ1v) is 9.06. The Morgan fingerprint density at radius 3 is 2.31 bits per heavy atom. The number of urea groups is 1. The van der Waals surface area contributed by atoms with Crippen LogP contribution < -0.4 is 10.5 Å². The number of anilines is 1. The number of imide groups is 2. The number of morpholine rings is 1. The van der Waals surface area contributed by atoms with E-state index in [1.54, 1.807) is 24.4 Å². The van der Waals surface area contributed by atoms with Gasteiger partial charge in [-0.3, -0.25) is 28.6 Å². The molecule has 0 aromatic carbocycles. The molecule has 0 spiro atoms. The van der Waals surface area contributed by atoms with E-state index in [1.165, 1.54) is 24.6 Å². The van der Waals surface area contributed by atoms with Crippen LogP contribution in [-0.4, -0.2) is 77.4 Å². The molecule has 2 fully saturated rings. The summed E-state index contributed by atoms with van der Waals surface area (Å²) in [6.45, 7) is 1.99. The molecule has 0 N–H and O–H groups in total. The maximum atomic E-state index is 13.2. The van der Waals surface area contributed by atoms with Crippen LogP contribution in [-0.2, 0) is 14.3 Å². The number of fused-ring (bicyclic) bond motifs is 1. The zero-order valence-corrected chi connectivity index (χ0v) is 16.0. The molecule has 0 aliphatic carbocycles. The average Bonchev–Trinajstić information content (AvgIpc) is 2.75. The molecule has 10 heteroatoms. The fraction of sp³-hybridized carbons (Fsp3) is 0.316. The summed E-state index contributed by atoms with van der Waals surface area (Å²) in [4.78, 5) is 58.5. The lowest BCUT2D eigenvalue weighted by Gasteiger charge is -2.30. The van der Waals surface area contributed by atoms with Crippen molar-refractivity contribution >= 4 is 35.4 Å². The number of likely N-dealkylation sites (N-methyl/N-ethyl adjacent to an activating group) is 2. The Kier molecular flexibility index (Phi) is 4.63. The summed E-state index contributed by atoms with van der Waals surface area (Å²) in [6, 6.07) is 4.45. The highest BCUT2D eigenvalue weighted by Gasteiger charge is 2.38. The first-order chi connectivity index (χ1) is 13.9. The van der Waals surface area contributed by atoms with Crippen molar-refractivity contribution in [2.24, 2.45) is 0 Å². The summed E-state index contributed by atoms with van der Waals surface area (Å²) in [5, 5.41) is 0. The molecule has 0 atom stereocenters. The molecule has 4 heterocycles. The van der Waals surface area contributed by atoms with Gasteiger partial charge in [0.2, 0.25) is 0 Å². The number of nitrogens with zero attached hydrogens (tertiary/aromatic N) is 5. The summed E-state index contributed by atoms with van der Waals surface area (Å²) < 4.78 is 6.73. The number of carbonyl (C=O) groups excluding carboxylic acids is 3. The van der Waals surface area contributed by atoms with Crippen LogP contribution in [0.15, 0.2) is 34.8 Å². The van der Waals surface area contributed by atoms with Crippen molar-refractivity contribution in [3.63, 3.8) is 0 Å². The monoisotopic (exact) mass is 397 g/mol. The lowest BCUT2D eigenvalue weighted by Crippen LogP contribution is -2.53. The van der Waals surface area contributed by atoms with E-state index in [1.807, 2.05) is 4.90 Å². The van der Waals surface area contributed by atoms with Crippen LogP contribution in [0.3, 0.4) is 0 Å². The molecule has 2 aliphatic rings. The van der Waals surface area contributed by atoms with Gasteiger partial charge in [-0.2, -0.15) is 0 Å². The van der Waals surface area contributed by atoms with Crippen molar-refractivity contribution in [3.05, 3.63) is 45.9 Å². The minimum Gasteiger partial charge on any atom is -0.378 e. The van der Waals surface area contributed by atoms with E-state index in [0.717, 1.165) is 9.80 Å². The highest BCUT2D eigenvalue weighted by Crippen LogP contribution is 2.23. The van der Waals surface area contributed by atoms with E-state index < -0.39 is 23.4 Å². The molecule has 150 valence electrons. The standard InChI is InChI=1S/C19H19N5O5/c1-21-16(25)13(17(26)22(2)19(21)28)11-12-15(23-7-9-29-10-8-23)20-14-5-3-4-6-24(14)18(12)27/h3-6,11H,7-10H2,1-2H3. The third-order valence-corrected chi connectivity index (χ3v) is 4.99. The summed E-state index contributed by atoms with van der Waals surface area (Å²) in [7, 11) is 2.58. The second-order valence-corrected chi connectivity index (χ2v) is 6.75. The summed E-state index contributed by atoms with van der Waals surface area (Å²) in [5.74, 6) is -1.15. The van der Waals surface area contributed by atoms with Gasteiger partial charge in [-0.05, 0) is 18.2 Å². The number of hydrogen-bond acceptors (Lipinski definition) is 7. The van der Waals surface area contributed by atoms with Crippen LogP contribution >= 0.6 is 0 Å². The number of rotatable bonds is 2. The van der Waals surface area contributed by atoms with Crippen molar-refractivity contribution in [3.8, 4) is 0 Å². The third kappa shape index (κ3) is 3.07. The van der Waals surface area contributed by atoms with Gasteiger partial charge in [0.25, 0.3) is 17.4 Å². The molecule has 29 heavy (non-hydrogen) atoms. The normalized spacial score (nSPS) is 18.1. The zero-order valence-electron chi connectivity index (χ0n) is 16.0. The number of aromatic nitrogens is 2. The Morgan fingerprint density at radius 2 is 1.66 bits per heavy atom. The molecule has 0 saturated carbocycles. The van der Waals surface area contributed by atoms with Crippen LogP contribution in [0, 0.1) is 0 Å². The summed E-state index contributed by atoms with van der Waals surface area (Å²) in [5.41, 5.74) is -0.110. The number of carbonyl (C=O) groups is 3. The Labute approximate surface area is 165 Å². The minimum absolute atomic E-state index is 0.114. The van der Waals surface area contributed by atoms with Crippen LogP contribution in [0.2, 0.25) is 0 Å². The van der Waals surface area contributed by atoms with Crippen molar-refractivity contribution in [2.75, 3.05) is 45.3 Å². The quantitative estimate of drug-likeness (QED) is 0.517. The number of amides is 4. The van der Waals surface area contributed by atoms with E-state index in [0.29, 0.717) is 37.8 Å². The molecule has 4 amide bonds. The van der Waals surface area contributed by atoms with Crippen LogP contribution in [0.4, 0.5) is 10.6 Å². The molecule has 0 bridgehead atoms. The van der Waals surface area contributed by atoms with E-state index >= 15 is 0 Å². The van der Waals surface area contributed by atoms with Crippen LogP contribution in [0.1, 0.15) is 5.56 Å². The highest BCUT2D eigenvalue weighted by atomic mass is 16.5. The molecule has 0 unspecified atom stereocenters. The van der Waals surface area contributed by atoms with E-state index in [4.69, 9.17) is 4.74 Å². The highest BCUT2D eigenvalue weighted by molar-refractivity contribution is 6.30. The zero-order chi connectivity index (χ0) is 20.7. The SMILES string of the molecule is CN1C(=O)C(=Cc2c(N3CCOCC3)nc3ccccn3c2=O)C(=O)N(C)C1=O. The van der Waals surface area contributed by atoms with E-state index in [9.17, 15) is 19.2 Å². The number of hydrogen-bond donors (Lipinski definition) is 0. The largest absolute Gasteiger partial charge is 0.378 e. The Hall–Kier alpha value is -3.53. The number of pyridine rings is 1. The topological polar surface area (TPSA) is 105 Å². The molecule has 2 aliphatic heterocycles. The summed E-state index contributed by atoms with van der Waals surface area (Å²) >= 11 is 0. The maximum Gasteiger partial charge on any atom is 0.333 e. The fourth-order valence-electron chi connectivity index (χ4n) is 3.35. The van der Waals surface area contributed by atoms with Crippen LogP contribution in [0.25, 0.3) is 11.7 Å². The molecule has 2 aromatic heterocycles. The van der Waals surface area contributed by atoms with Gasteiger partial charge >= 0.3 is 6.03 Å². The van der Waals surface area contributed by atoms with Gasteiger partial charge in [-0.1, -0.05) is 6.07 Å². The predicted octanol–water partition coefficient (Wildman–Crippen LogP) is -0.0351. The molecule has 2 saturated heterocycles. The van der Waals surface area contributed by atoms with E-state index in [2.05, 4.69) is 4.98 Å². The van der Waals surface area contributed by atoms with Gasteiger partial charge in [-0.25, -0.2) is 9.78 Å². The van der Waals surface area contributed by atoms with Gasteiger partial charge in [-0.15, -0.1) is 0 Å². The lowest BCUT2D eigenvalue weighted by atomic mass is 10.1. The Morgan fingerprint density at radius 1 is 1.00 bits per heavy atom. The van der Waals surface area contributed by atoms with Crippen molar-refractivity contribution in [1.29, 1.82) is 0 Å². The van der Waals surface area contributed by atoms with Crippen molar-refractivity contribution in [2.45, 2.75) is 0 Å². The van der Waals surface area contributed by atoms with Gasteiger partial charge in [0, 0.05) is 33.4 Å². The fourth-order valence-corrected chi connectivity index (χ4v) is 3.35. The number of barbiturate groups is 1. The molecule has 4 rings (SSSR count). The van der Waals surface area contributed by atoms with E-state index in [-0.39, 0.29) is 11.1 Å². The third-order valence-electron chi connectivity index (χ3n) is 4.99.